The van der Waals surface area contributed by atoms with Crippen molar-refractivity contribution >= 4 is 33.1 Å². The number of hydrogen-bond donors (Lipinski definition) is 1. The first-order valence-electron chi connectivity index (χ1n) is 8.99. The predicted octanol–water partition coefficient (Wildman–Crippen LogP) is 4.64. The number of hydrogen-bond acceptors (Lipinski definition) is 5. The Labute approximate surface area is 151 Å². The molecule has 4 nitrogen and oxygen atoms in total. The summed E-state index contributed by atoms with van der Waals surface area (Å²) in [6.45, 7) is 1.96. The molecule has 0 atom stereocenters. The minimum atomic E-state index is 0.806. The fraction of sp³-hybridized carbons (Fsp3) is 0.350. The van der Waals surface area contributed by atoms with Crippen molar-refractivity contribution in [3.05, 3.63) is 51.7 Å². The van der Waals surface area contributed by atoms with Crippen LogP contribution in [0.25, 0.3) is 10.2 Å². The van der Waals surface area contributed by atoms with Crippen molar-refractivity contribution in [1.29, 1.82) is 0 Å². The smallest absolute Gasteiger partial charge is 0.159 e. The zero-order valence-electron chi connectivity index (χ0n) is 14.3. The van der Waals surface area contributed by atoms with Crippen molar-refractivity contribution in [1.82, 2.24) is 9.97 Å². The molecule has 126 valence electrons. The van der Waals surface area contributed by atoms with E-state index in [-0.39, 0.29) is 0 Å². The summed E-state index contributed by atoms with van der Waals surface area (Å²) < 4.78 is 0. The minimum absolute atomic E-state index is 0.806. The van der Waals surface area contributed by atoms with Gasteiger partial charge in [0.15, 0.2) is 5.82 Å². The average Bonchev–Trinajstić information content (AvgIpc) is 3.20. The molecule has 1 N–H and O–H groups in total. The number of benzene rings is 1. The van der Waals surface area contributed by atoms with E-state index in [1.807, 2.05) is 18.3 Å². The molecule has 2 aliphatic rings. The van der Waals surface area contributed by atoms with Gasteiger partial charge in [0, 0.05) is 10.4 Å². The standard InChI is InChI=1S/C20H20N4S/c1-12-21-19(18-15-8-4-5-9-17(15)25-20(18)22-12)24-23-16-11-10-13-6-2-3-7-14(13)16/h2-3,6-7H,4-5,8-11H2,1H3,(H,21,22,24)/b23-16+. The Hall–Kier alpha value is -2.27. The molecule has 2 heterocycles. The normalized spacial score (nSPS) is 17.7. The summed E-state index contributed by atoms with van der Waals surface area (Å²) in [4.78, 5) is 11.9. The Bertz CT molecular complexity index is 1000. The SMILES string of the molecule is Cc1nc(N/N=C2\CCc3ccccc32)c2c3c(sc2n1)CCCC3. The number of hydrazone groups is 1. The molecule has 5 rings (SSSR count). The third-order valence-corrected chi connectivity index (χ3v) is 6.37. The van der Waals surface area contributed by atoms with Crippen LogP contribution in [0.1, 0.15) is 46.7 Å². The Kier molecular flexibility index (Phi) is 3.55. The maximum atomic E-state index is 4.74. The molecule has 0 bridgehead atoms. The monoisotopic (exact) mass is 348 g/mol. The van der Waals surface area contributed by atoms with Crippen molar-refractivity contribution in [2.75, 3.05) is 5.43 Å². The average molecular weight is 348 g/mol. The van der Waals surface area contributed by atoms with Gasteiger partial charge in [-0.05, 0) is 56.6 Å². The number of anilines is 1. The van der Waals surface area contributed by atoms with Crippen LogP contribution >= 0.6 is 11.3 Å². The maximum absolute atomic E-state index is 4.74. The van der Waals surface area contributed by atoms with Crippen LogP contribution in [-0.4, -0.2) is 15.7 Å². The fourth-order valence-corrected chi connectivity index (χ4v) is 5.30. The number of aryl methyl sites for hydroxylation is 4. The molecule has 0 fully saturated rings. The van der Waals surface area contributed by atoms with E-state index in [0.29, 0.717) is 0 Å². The van der Waals surface area contributed by atoms with E-state index < -0.39 is 0 Å². The zero-order valence-corrected chi connectivity index (χ0v) is 15.1. The first-order valence-corrected chi connectivity index (χ1v) is 9.81. The van der Waals surface area contributed by atoms with Crippen LogP contribution in [0.5, 0.6) is 0 Å². The van der Waals surface area contributed by atoms with Gasteiger partial charge >= 0.3 is 0 Å². The lowest BCUT2D eigenvalue weighted by Gasteiger charge is -2.12. The summed E-state index contributed by atoms with van der Waals surface area (Å²) in [6, 6.07) is 8.54. The van der Waals surface area contributed by atoms with Gasteiger partial charge in [-0.25, -0.2) is 9.97 Å². The van der Waals surface area contributed by atoms with Crippen LogP contribution < -0.4 is 5.43 Å². The van der Waals surface area contributed by atoms with Crippen molar-refractivity contribution in [3.63, 3.8) is 0 Å². The third kappa shape index (κ3) is 2.54. The molecule has 1 aromatic carbocycles. The summed E-state index contributed by atoms with van der Waals surface area (Å²) in [6.07, 6.45) is 6.92. The maximum Gasteiger partial charge on any atom is 0.159 e. The second kappa shape index (κ2) is 5.92. The second-order valence-electron chi connectivity index (χ2n) is 6.84. The van der Waals surface area contributed by atoms with E-state index in [4.69, 9.17) is 5.10 Å². The zero-order chi connectivity index (χ0) is 16.8. The van der Waals surface area contributed by atoms with Crippen molar-refractivity contribution < 1.29 is 0 Å². The van der Waals surface area contributed by atoms with Crippen molar-refractivity contribution in [2.45, 2.75) is 45.4 Å². The van der Waals surface area contributed by atoms with Gasteiger partial charge < -0.3 is 0 Å². The molecule has 0 amide bonds. The number of fused-ring (bicyclic) bond motifs is 4. The largest absolute Gasteiger partial charge is 0.260 e. The lowest BCUT2D eigenvalue weighted by Crippen LogP contribution is -2.04. The molecule has 25 heavy (non-hydrogen) atoms. The first kappa shape index (κ1) is 15.0. The van der Waals surface area contributed by atoms with E-state index in [1.54, 1.807) is 0 Å². The topological polar surface area (TPSA) is 50.2 Å². The van der Waals surface area contributed by atoms with E-state index in [1.165, 1.54) is 46.2 Å². The fourth-order valence-electron chi connectivity index (χ4n) is 3.99. The lowest BCUT2D eigenvalue weighted by molar-refractivity contribution is 0.700. The summed E-state index contributed by atoms with van der Waals surface area (Å²) in [5.74, 6) is 1.68. The Morgan fingerprint density at radius 1 is 1.04 bits per heavy atom. The van der Waals surface area contributed by atoms with Crippen molar-refractivity contribution in [3.8, 4) is 0 Å². The highest BCUT2D eigenvalue weighted by atomic mass is 32.1. The first-order chi connectivity index (χ1) is 12.3. The lowest BCUT2D eigenvalue weighted by atomic mass is 9.97. The number of thiophene rings is 1. The molecule has 0 saturated carbocycles. The second-order valence-corrected chi connectivity index (χ2v) is 7.92. The van der Waals surface area contributed by atoms with Gasteiger partial charge in [-0.15, -0.1) is 11.3 Å². The molecule has 0 spiro atoms. The highest BCUT2D eigenvalue weighted by Crippen LogP contribution is 2.38. The van der Waals surface area contributed by atoms with Crippen LogP contribution in [0.4, 0.5) is 5.82 Å². The molecule has 2 aliphatic carbocycles. The molecule has 0 saturated heterocycles. The number of aromatic nitrogens is 2. The molecule has 0 radical (unpaired) electrons. The van der Waals surface area contributed by atoms with Gasteiger partial charge in [-0.3, -0.25) is 5.43 Å². The minimum Gasteiger partial charge on any atom is -0.260 e. The van der Waals surface area contributed by atoms with E-state index >= 15 is 0 Å². The van der Waals surface area contributed by atoms with Crippen molar-refractivity contribution in [2.24, 2.45) is 5.10 Å². The summed E-state index contributed by atoms with van der Waals surface area (Å²) in [5.41, 5.74) is 8.52. The van der Waals surface area contributed by atoms with E-state index in [0.717, 1.165) is 41.4 Å². The van der Waals surface area contributed by atoms with Gasteiger partial charge in [0.25, 0.3) is 0 Å². The third-order valence-electron chi connectivity index (χ3n) is 5.18. The predicted molar refractivity (Wildman–Crippen MR) is 104 cm³/mol. The number of nitrogens with zero attached hydrogens (tertiary/aromatic N) is 3. The summed E-state index contributed by atoms with van der Waals surface area (Å²) in [7, 11) is 0. The number of rotatable bonds is 2. The molecule has 2 aromatic heterocycles. The molecular weight excluding hydrogens is 328 g/mol. The van der Waals surface area contributed by atoms with Crippen LogP contribution in [0.15, 0.2) is 29.4 Å². The van der Waals surface area contributed by atoms with Gasteiger partial charge in [0.2, 0.25) is 0 Å². The molecular formula is C20H20N4S. The van der Waals surface area contributed by atoms with Gasteiger partial charge in [0.05, 0.1) is 11.1 Å². The highest BCUT2D eigenvalue weighted by molar-refractivity contribution is 7.19. The van der Waals surface area contributed by atoms with E-state index in [9.17, 15) is 0 Å². The quantitative estimate of drug-likeness (QED) is 0.686. The van der Waals surface area contributed by atoms with Crippen LogP contribution in [0, 0.1) is 6.92 Å². The Balaban J connectivity index is 1.57. The molecule has 0 aliphatic heterocycles. The van der Waals surface area contributed by atoms with Crippen LogP contribution in [0.2, 0.25) is 0 Å². The van der Waals surface area contributed by atoms with Gasteiger partial charge in [0.1, 0.15) is 10.7 Å². The van der Waals surface area contributed by atoms with Gasteiger partial charge in [-0.1, -0.05) is 24.3 Å². The van der Waals surface area contributed by atoms with Gasteiger partial charge in [-0.2, -0.15) is 5.10 Å². The molecule has 5 heteroatoms. The van der Waals surface area contributed by atoms with E-state index in [2.05, 4.69) is 39.7 Å². The highest BCUT2D eigenvalue weighted by Gasteiger charge is 2.21. The molecule has 3 aromatic rings. The van der Waals surface area contributed by atoms with Crippen LogP contribution in [-0.2, 0) is 19.3 Å². The summed E-state index contributed by atoms with van der Waals surface area (Å²) in [5, 5.41) is 5.93. The Morgan fingerprint density at radius 3 is 2.88 bits per heavy atom. The van der Waals surface area contributed by atoms with Crippen LogP contribution in [0.3, 0.4) is 0 Å². The molecule has 0 unspecified atom stereocenters. The Morgan fingerprint density at radius 2 is 1.92 bits per heavy atom. The summed E-state index contributed by atoms with van der Waals surface area (Å²) >= 11 is 1.84. The number of nitrogens with one attached hydrogen (secondary N) is 1.